The van der Waals surface area contributed by atoms with E-state index in [1.807, 2.05) is 28.9 Å². The van der Waals surface area contributed by atoms with E-state index in [-0.39, 0.29) is 5.43 Å². The molecule has 0 amide bonds. The fourth-order valence-electron chi connectivity index (χ4n) is 2.10. The van der Waals surface area contributed by atoms with Gasteiger partial charge < -0.3 is 5.32 Å². The van der Waals surface area contributed by atoms with Gasteiger partial charge in [0.15, 0.2) is 0 Å². The van der Waals surface area contributed by atoms with Crippen LogP contribution in [0.5, 0.6) is 0 Å². The standard InChI is InChI=1S/C15H21N3O/c1-11(2)16-8-12(3)10-18-14-7-5-4-6-13(14)15(19)9-17-18/h4-7,9,11-12,16H,8,10H2,1-3H3. The summed E-state index contributed by atoms with van der Waals surface area (Å²) in [5.41, 5.74) is 0.895. The Hall–Kier alpha value is -1.68. The lowest BCUT2D eigenvalue weighted by Crippen LogP contribution is -2.30. The van der Waals surface area contributed by atoms with Gasteiger partial charge in [0.1, 0.15) is 0 Å². The normalized spacial score (nSPS) is 13.1. The van der Waals surface area contributed by atoms with E-state index in [1.165, 1.54) is 6.20 Å². The maximum Gasteiger partial charge on any atom is 0.207 e. The molecule has 4 heteroatoms. The molecular weight excluding hydrogens is 238 g/mol. The van der Waals surface area contributed by atoms with Crippen molar-refractivity contribution < 1.29 is 0 Å². The van der Waals surface area contributed by atoms with Gasteiger partial charge in [0.05, 0.1) is 11.7 Å². The van der Waals surface area contributed by atoms with Crippen LogP contribution < -0.4 is 10.7 Å². The fourth-order valence-corrected chi connectivity index (χ4v) is 2.10. The van der Waals surface area contributed by atoms with Crippen molar-refractivity contribution in [2.45, 2.75) is 33.4 Å². The van der Waals surface area contributed by atoms with E-state index in [4.69, 9.17) is 0 Å². The van der Waals surface area contributed by atoms with Crippen LogP contribution in [-0.2, 0) is 6.54 Å². The summed E-state index contributed by atoms with van der Waals surface area (Å²) in [6.45, 7) is 8.21. The second-order valence-electron chi connectivity index (χ2n) is 5.38. The second kappa shape index (κ2) is 5.97. The Morgan fingerprint density at radius 3 is 2.74 bits per heavy atom. The number of aromatic nitrogens is 2. The highest BCUT2D eigenvalue weighted by Gasteiger charge is 2.08. The monoisotopic (exact) mass is 259 g/mol. The molecule has 102 valence electrons. The second-order valence-corrected chi connectivity index (χ2v) is 5.38. The van der Waals surface area contributed by atoms with Crippen molar-refractivity contribution in [3.05, 3.63) is 40.7 Å². The Morgan fingerprint density at radius 2 is 2.00 bits per heavy atom. The zero-order chi connectivity index (χ0) is 13.8. The molecule has 0 saturated heterocycles. The molecule has 4 nitrogen and oxygen atoms in total. The van der Waals surface area contributed by atoms with Gasteiger partial charge in [0.25, 0.3) is 0 Å². The van der Waals surface area contributed by atoms with Crippen LogP contribution in [0, 0.1) is 5.92 Å². The summed E-state index contributed by atoms with van der Waals surface area (Å²) in [5.74, 6) is 0.459. The lowest BCUT2D eigenvalue weighted by atomic mass is 10.1. The summed E-state index contributed by atoms with van der Waals surface area (Å²) in [6, 6.07) is 8.12. The minimum absolute atomic E-state index is 0.0141. The summed E-state index contributed by atoms with van der Waals surface area (Å²) in [4.78, 5) is 11.7. The molecule has 1 aromatic heterocycles. The first-order valence-corrected chi connectivity index (χ1v) is 6.76. The summed E-state index contributed by atoms with van der Waals surface area (Å²) in [5, 5.41) is 8.41. The molecule has 1 atom stereocenters. The van der Waals surface area contributed by atoms with Gasteiger partial charge in [-0.25, -0.2) is 0 Å². The molecule has 0 fully saturated rings. The molecule has 1 aromatic carbocycles. The molecule has 19 heavy (non-hydrogen) atoms. The van der Waals surface area contributed by atoms with Gasteiger partial charge in [0, 0.05) is 18.0 Å². The van der Waals surface area contributed by atoms with Gasteiger partial charge >= 0.3 is 0 Å². The van der Waals surface area contributed by atoms with Crippen molar-refractivity contribution in [1.82, 2.24) is 15.1 Å². The Bertz CT molecular complexity index is 604. The van der Waals surface area contributed by atoms with E-state index in [1.54, 1.807) is 0 Å². The van der Waals surface area contributed by atoms with E-state index in [2.05, 4.69) is 31.2 Å². The van der Waals surface area contributed by atoms with Gasteiger partial charge in [-0.15, -0.1) is 0 Å². The molecule has 0 bridgehead atoms. The molecule has 0 radical (unpaired) electrons. The van der Waals surface area contributed by atoms with E-state index >= 15 is 0 Å². The number of hydrogen-bond donors (Lipinski definition) is 1. The molecule has 0 saturated carbocycles. The molecule has 0 spiro atoms. The van der Waals surface area contributed by atoms with Crippen LogP contribution in [-0.4, -0.2) is 22.4 Å². The first-order chi connectivity index (χ1) is 9.08. The third-order valence-electron chi connectivity index (χ3n) is 3.12. The van der Waals surface area contributed by atoms with Crippen LogP contribution >= 0.6 is 0 Å². The predicted octanol–water partition coefficient (Wildman–Crippen LogP) is 2.03. The third-order valence-corrected chi connectivity index (χ3v) is 3.12. The Labute approximate surface area is 113 Å². The van der Waals surface area contributed by atoms with E-state index in [0.29, 0.717) is 12.0 Å². The highest BCUT2D eigenvalue weighted by Crippen LogP contribution is 2.10. The highest BCUT2D eigenvalue weighted by atomic mass is 16.1. The van der Waals surface area contributed by atoms with Crippen LogP contribution in [0.2, 0.25) is 0 Å². The minimum atomic E-state index is -0.0141. The van der Waals surface area contributed by atoms with Gasteiger partial charge in [-0.2, -0.15) is 5.10 Å². The molecular formula is C15H21N3O. The van der Waals surface area contributed by atoms with Gasteiger partial charge in [-0.05, 0) is 24.6 Å². The molecule has 2 aromatic rings. The summed E-state index contributed by atoms with van der Waals surface area (Å²) in [6.07, 6.45) is 1.41. The molecule has 0 aliphatic rings. The lowest BCUT2D eigenvalue weighted by Gasteiger charge is -2.17. The smallest absolute Gasteiger partial charge is 0.207 e. The molecule has 1 N–H and O–H groups in total. The first kappa shape index (κ1) is 13.7. The predicted molar refractivity (Wildman–Crippen MR) is 78.3 cm³/mol. The highest BCUT2D eigenvalue weighted by molar-refractivity contribution is 5.77. The maximum absolute atomic E-state index is 11.7. The molecule has 2 rings (SSSR count). The number of hydrogen-bond acceptors (Lipinski definition) is 3. The van der Waals surface area contributed by atoms with Crippen molar-refractivity contribution >= 4 is 10.9 Å². The van der Waals surface area contributed by atoms with Crippen LogP contribution in [0.1, 0.15) is 20.8 Å². The van der Waals surface area contributed by atoms with Crippen LogP contribution in [0.3, 0.4) is 0 Å². The Balaban J connectivity index is 2.21. The van der Waals surface area contributed by atoms with E-state index < -0.39 is 0 Å². The number of fused-ring (bicyclic) bond motifs is 1. The molecule has 0 aliphatic carbocycles. The first-order valence-electron chi connectivity index (χ1n) is 6.76. The van der Waals surface area contributed by atoms with Crippen LogP contribution in [0.4, 0.5) is 0 Å². The minimum Gasteiger partial charge on any atom is -0.314 e. The molecule has 1 heterocycles. The van der Waals surface area contributed by atoms with Crippen LogP contribution in [0.15, 0.2) is 35.3 Å². The zero-order valence-electron chi connectivity index (χ0n) is 11.8. The van der Waals surface area contributed by atoms with Crippen LogP contribution in [0.25, 0.3) is 10.9 Å². The average molecular weight is 259 g/mol. The van der Waals surface area contributed by atoms with Gasteiger partial charge in [-0.1, -0.05) is 32.9 Å². The third kappa shape index (κ3) is 3.41. The number of nitrogens with zero attached hydrogens (tertiary/aromatic N) is 2. The summed E-state index contributed by atoms with van der Waals surface area (Å²) >= 11 is 0. The number of benzene rings is 1. The topological polar surface area (TPSA) is 46.9 Å². The van der Waals surface area contributed by atoms with Gasteiger partial charge in [0.2, 0.25) is 5.43 Å². The molecule has 1 unspecified atom stereocenters. The summed E-state index contributed by atoms with van der Waals surface area (Å²) in [7, 11) is 0. The zero-order valence-corrected chi connectivity index (χ0v) is 11.8. The SMILES string of the molecule is CC(CNC(C)C)Cn1ncc(=O)c2ccccc21. The number of nitrogens with one attached hydrogen (secondary N) is 1. The van der Waals surface area contributed by atoms with Crippen molar-refractivity contribution in [3.63, 3.8) is 0 Å². The van der Waals surface area contributed by atoms with E-state index in [9.17, 15) is 4.79 Å². The van der Waals surface area contributed by atoms with Crippen molar-refractivity contribution in [3.8, 4) is 0 Å². The fraction of sp³-hybridized carbons (Fsp3) is 0.467. The van der Waals surface area contributed by atoms with Gasteiger partial charge in [-0.3, -0.25) is 9.48 Å². The number of para-hydroxylation sites is 1. The van der Waals surface area contributed by atoms with E-state index in [0.717, 1.165) is 24.0 Å². The average Bonchev–Trinajstić information content (AvgIpc) is 2.40. The lowest BCUT2D eigenvalue weighted by molar-refractivity contribution is 0.410. The maximum atomic E-state index is 11.7. The van der Waals surface area contributed by atoms with Crippen molar-refractivity contribution in [2.75, 3.05) is 6.54 Å². The largest absolute Gasteiger partial charge is 0.314 e. The Kier molecular flexibility index (Phi) is 4.32. The van der Waals surface area contributed by atoms with Crippen molar-refractivity contribution in [1.29, 1.82) is 0 Å². The summed E-state index contributed by atoms with van der Waals surface area (Å²) < 4.78 is 1.92. The number of rotatable bonds is 5. The molecule has 0 aliphatic heterocycles. The Morgan fingerprint density at radius 1 is 1.26 bits per heavy atom. The van der Waals surface area contributed by atoms with Crippen molar-refractivity contribution in [2.24, 2.45) is 5.92 Å². The quantitative estimate of drug-likeness (QED) is 0.893.